The van der Waals surface area contributed by atoms with Crippen LogP contribution in [0.5, 0.6) is 0 Å². The van der Waals surface area contributed by atoms with Crippen LogP contribution in [-0.2, 0) is 18.6 Å². The van der Waals surface area contributed by atoms with Crippen molar-refractivity contribution in [3.63, 3.8) is 0 Å². The zero-order chi connectivity index (χ0) is 14.1. The van der Waals surface area contributed by atoms with Gasteiger partial charge in [-0.25, -0.2) is 4.39 Å². The first-order valence-electron chi connectivity index (χ1n) is 6.44. The van der Waals surface area contributed by atoms with Crippen molar-refractivity contribution in [1.29, 1.82) is 0 Å². The van der Waals surface area contributed by atoms with E-state index in [1.807, 2.05) is 11.8 Å². The topological polar surface area (TPSA) is 20.2 Å². The summed E-state index contributed by atoms with van der Waals surface area (Å²) in [5.41, 5.74) is 2.31. The highest BCUT2D eigenvalue weighted by molar-refractivity contribution is 9.10. The Labute approximate surface area is 134 Å². The minimum absolute atomic E-state index is 0.271. The van der Waals surface area contributed by atoms with Crippen LogP contribution in [0.2, 0.25) is 0 Å². The molecule has 1 N–H and O–H groups in total. The summed E-state index contributed by atoms with van der Waals surface area (Å²) in [6.07, 6.45) is 1.12. The Balaban J connectivity index is 1.76. The van der Waals surface area contributed by atoms with Gasteiger partial charge in [-0.1, -0.05) is 6.07 Å². The van der Waals surface area contributed by atoms with E-state index in [1.54, 1.807) is 23.5 Å². The van der Waals surface area contributed by atoms with Gasteiger partial charge in [0.05, 0.1) is 10.6 Å². The van der Waals surface area contributed by atoms with Gasteiger partial charge in [0.25, 0.3) is 0 Å². The normalized spacial score (nSPS) is 15.9. The minimum atomic E-state index is -0.507. The molecule has 0 aliphatic carbocycles. The quantitative estimate of drug-likeness (QED) is 0.841. The summed E-state index contributed by atoms with van der Waals surface area (Å²) in [5, 5.41) is 10.4. The fourth-order valence-corrected chi connectivity index (χ4v) is 5.11. The lowest BCUT2D eigenvalue weighted by atomic mass is 10.1. The Bertz CT molecular complexity index is 603. The molecule has 5 heteroatoms. The van der Waals surface area contributed by atoms with Crippen molar-refractivity contribution in [1.82, 2.24) is 0 Å². The lowest BCUT2D eigenvalue weighted by molar-refractivity contribution is 0.182. The third-order valence-electron chi connectivity index (χ3n) is 3.39. The molecule has 1 aromatic carbocycles. The van der Waals surface area contributed by atoms with Crippen LogP contribution in [0.4, 0.5) is 4.39 Å². The summed E-state index contributed by atoms with van der Waals surface area (Å²) in [5.74, 6) is 1.96. The number of fused-ring (bicyclic) bond motifs is 1. The SMILES string of the molecule is OC(Cc1ccc(F)c(Br)c1)c1cc2c(s1)CCSC2. The van der Waals surface area contributed by atoms with Gasteiger partial charge in [-0.3, -0.25) is 0 Å². The number of benzene rings is 1. The van der Waals surface area contributed by atoms with E-state index < -0.39 is 6.10 Å². The standard InChI is InChI=1S/C15H14BrFOS2/c16-11-5-9(1-2-12(11)17)6-13(18)15-7-10-8-19-4-3-14(10)20-15/h1-2,5,7,13,18H,3-4,6,8H2. The van der Waals surface area contributed by atoms with Gasteiger partial charge in [-0.15, -0.1) is 11.3 Å². The Hall–Kier alpha value is -0.360. The first kappa shape index (κ1) is 14.6. The van der Waals surface area contributed by atoms with Gasteiger partial charge >= 0.3 is 0 Å². The summed E-state index contributed by atoms with van der Waals surface area (Å²) in [7, 11) is 0. The molecule has 1 aliphatic rings. The van der Waals surface area contributed by atoms with Crippen molar-refractivity contribution in [3.8, 4) is 0 Å². The van der Waals surface area contributed by atoms with E-state index >= 15 is 0 Å². The summed E-state index contributed by atoms with van der Waals surface area (Å²) in [4.78, 5) is 2.44. The molecule has 0 fully saturated rings. The molecule has 1 atom stereocenters. The lowest BCUT2D eigenvalue weighted by Gasteiger charge is -2.09. The molecule has 1 nitrogen and oxygen atoms in total. The number of aryl methyl sites for hydroxylation is 1. The molecule has 1 aromatic heterocycles. The van der Waals surface area contributed by atoms with E-state index in [4.69, 9.17) is 0 Å². The number of thioether (sulfide) groups is 1. The number of aliphatic hydroxyl groups is 1. The van der Waals surface area contributed by atoms with Gasteiger partial charge in [0, 0.05) is 21.9 Å². The molecule has 2 heterocycles. The summed E-state index contributed by atoms with van der Waals surface area (Å²) in [6.45, 7) is 0. The van der Waals surface area contributed by atoms with E-state index in [1.165, 1.54) is 22.3 Å². The molecule has 20 heavy (non-hydrogen) atoms. The van der Waals surface area contributed by atoms with Crippen molar-refractivity contribution in [2.24, 2.45) is 0 Å². The van der Waals surface area contributed by atoms with E-state index in [0.717, 1.165) is 22.6 Å². The van der Waals surface area contributed by atoms with Gasteiger partial charge in [0.15, 0.2) is 0 Å². The second-order valence-electron chi connectivity index (χ2n) is 4.87. The fourth-order valence-electron chi connectivity index (χ4n) is 2.32. The number of hydrogen-bond acceptors (Lipinski definition) is 3. The molecule has 0 amide bonds. The molecule has 2 aromatic rings. The van der Waals surface area contributed by atoms with Crippen LogP contribution in [-0.4, -0.2) is 10.9 Å². The molecular weight excluding hydrogens is 359 g/mol. The largest absolute Gasteiger partial charge is 0.387 e. The highest BCUT2D eigenvalue weighted by Crippen LogP contribution is 2.35. The van der Waals surface area contributed by atoms with Crippen molar-refractivity contribution in [3.05, 3.63) is 55.4 Å². The summed E-state index contributed by atoms with van der Waals surface area (Å²) in [6, 6.07) is 7.03. The van der Waals surface area contributed by atoms with E-state index in [0.29, 0.717) is 10.9 Å². The fraction of sp³-hybridized carbons (Fsp3) is 0.333. The van der Waals surface area contributed by atoms with E-state index in [2.05, 4.69) is 22.0 Å². The van der Waals surface area contributed by atoms with Crippen molar-refractivity contribution >= 4 is 39.0 Å². The average molecular weight is 373 g/mol. The smallest absolute Gasteiger partial charge is 0.137 e. The van der Waals surface area contributed by atoms with Crippen molar-refractivity contribution in [2.75, 3.05) is 5.75 Å². The maximum atomic E-state index is 13.2. The van der Waals surface area contributed by atoms with Crippen LogP contribution < -0.4 is 0 Å². The van der Waals surface area contributed by atoms with Crippen LogP contribution in [0.15, 0.2) is 28.7 Å². The first-order valence-corrected chi connectivity index (χ1v) is 9.21. The maximum absolute atomic E-state index is 13.2. The summed E-state index contributed by atoms with van der Waals surface area (Å²) >= 11 is 6.85. The van der Waals surface area contributed by atoms with Crippen molar-refractivity contribution in [2.45, 2.75) is 24.7 Å². The Morgan fingerprint density at radius 1 is 1.35 bits per heavy atom. The Morgan fingerprint density at radius 2 is 2.20 bits per heavy atom. The highest BCUT2D eigenvalue weighted by atomic mass is 79.9. The molecular formula is C15H14BrFOS2. The number of halogens is 2. The van der Waals surface area contributed by atoms with Crippen molar-refractivity contribution < 1.29 is 9.50 Å². The van der Waals surface area contributed by atoms with Crippen LogP contribution in [0.1, 0.15) is 27.0 Å². The van der Waals surface area contributed by atoms with Gasteiger partial charge in [0.1, 0.15) is 5.82 Å². The Kier molecular flexibility index (Phi) is 4.50. The predicted molar refractivity (Wildman–Crippen MR) is 86.9 cm³/mol. The average Bonchev–Trinajstić information content (AvgIpc) is 2.87. The molecule has 1 unspecified atom stereocenters. The monoisotopic (exact) mass is 372 g/mol. The van der Waals surface area contributed by atoms with E-state index in [9.17, 15) is 9.50 Å². The highest BCUT2D eigenvalue weighted by Gasteiger charge is 2.18. The van der Waals surface area contributed by atoms with Crippen LogP contribution in [0.25, 0.3) is 0 Å². The minimum Gasteiger partial charge on any atom is -0.387 e. The second-order valence-corrected chi connectivity index (χ2v) is 8.00. The lowest BCUT2D eigenvalue weighted by Crippen LogP contribution is -2.00. The molecule has 106 valence electrons. The second kappa shape index (κ2) is 6.18. The molecule has 0 bridgehead atoms. The zero-order valence-corrected chi connectivity index (χ0v) is 14.0. The van der Waals surface area contributed by atoms with Gasteiger partial charge in [-0.2, -0.15) is 11.8 Å². The Morgan fingerprint density at radius 3 is 2.95 bits per heavy atom. The summed E-state index contributed by atoms with van der Waals surface area (Å²) < 4.78 is 13.7. The maximum Gasteiger partial charge on any atom is 0.137 e. The van der Waals surface area contributed by atoms with Crippen LogP contribution >= 0.6 is 39.0 Å². The predicted octanol–water partition coefficient (Wildman–Crippen LogP) is 4.72. The van der Waals surface area contributed by atoms with Gasteiger partial charge in [-0.05, 0) is 57.4 Å². The molecule has 0 saturated heterocycles. The molecule has 1 aliphatic heterocycles. The zero-order valence-electron chi connectivity index (χ0n) is 10.7. The molecule has 0 spiro atoms. The number of hydrogen-bond donors (Lipinski definition) is 1. The van der Waals surface area contributed by atoms with Gasteiger partial charge in [0.2, 0.25) is 0 Å². The van der Waals surface area contributed by atoms with Crippen LogP contribution in [0, 0.1) is 5.82 Å². The molecule has 3 rings (SSSR count). The number of rotatable bonds is 3. The molecule has 0 radical (unpaired) electrons. The third-order valence-corrected chi connectivity index (χ3v) is 6.34. The van der Waals surface area contributed by atoms with E-state index in [-0.39, 0.29) is 5.82 Å². The van der Waals surface area contributed by atoms with Gasteiger partial charge < -0.3 is 5.11 Å². The third kappa shape index (κ3) is 3.11. The molecule has 0 saturated carbocycles. The first-order chi connectivity index (χ1) is 9.63. The number of thiophene rings is 1. The number of aliphatic hydroxyl groups excluding tert-OH is 1. The van der Waals surface area contributed by atoms with Crippen LogP contribution in [0.3, 0.4) is 0 Å².